The Morgan fingerprint density at radius 2 is 1.32 bits per heavy atom. The number of benzene rings is 2. The van der Waals surface area contributed by atoms with Crippen LogP contribution >= 0.6 is 0 Å². The molecule has 2 aromatic carbocycles. The zero-order valence-corrected chi connectivity index (χ0v) is 49.5. The van der Waals surface area contributed by atoms with E-state index >= 15 is 4.11 Å². The predicted octanol–water partition coefficient (Wildman–Crippen LogP) is 1.46. The average molecular weight is 1190 g/mol. The lowest BCUT2D eigenvalue weighted by Gasteiger charge is -2.44. The van der Waals surface area contributed by atoms with Gasteiger partial charge in [-0.05, 0) is 64.9 Å². The molecular weight excluding hydrogens is 1110 g/mol. The lowest BCUT2D eigenvalue weighted by atomic mass is 10.1. The van der Waals surface area contributed by atoms with Crippen LogP contribution in [-0.2, 0) is 33.6 Å². The van der Waals surface area contributed by atoms with Crippen molar-refractivity contribution in [1.82, 2.24) is 55.7 Å². The van der Waals surface area contributed by atoms with Crippen molar-refractivity contribution in [3.05, 3.63) is 71.5 Å². The van der Waals surface area contributed by atoms with Crippen LogP contribution in [0.4, 0.5) is 4.11 Å². The molecule has 5 rings (SSSR count). The van der Waals surface area contributed by atoms with Gasteiger partial charge >= 0.3 is 30.0 Å². The molecule has 2 aliphatic rings. The zero-order valence-electron chi connectivity index (χ0n) is 48.5. The number of hydrogen-bond acceptors (Lipinski definition) is 16. The highest BCUT2D eigenvalue weighted by Crippen LogP contribution is 2.51. The Labute approximate surface area is 488 Å². The fourth-order valence-corrected chi connectivity index (χ4v) is 15.3. The van der Waals surface area contributed by atoms with Crippen molar-refractivity contribution in [2.75, 3.05) is 105 Å². The number of hydrogen-bond donors (Lipinski definition) is 8. The smallest absolute Gasteiger partial charge is 0.320 e. The third kappa shape index (κ3) is 19.2. The van der Waals surface area contributed by atoms with Crippen LogP contribution in [-0.4, -0.2) is 240 Å². The molecular formula is C56H79FN12O14Si. The highest BCUT2D eigenvalue weighted by molar-refractivity contribution is 6.90. The molecule has 0 bridgehead atoms. The van der Waals surface area contributed by atoms with Crippen LogP contribution in [0.15, 0.2) is 48.8 Å². The Morgan fingerprint density at radius 3 is 1.86 bits per heavy atom. The summed E-state index contributed by atoms with van der Waals surface area (Å²) in [6.07, 6.45) is 1.37. The van der Waals surface area contributed by atoms with Crippen LogP contribution < -0.4 is 31.2 Å². The van der Waals surface area contributed by atoms with Crippen LogP contribution in [0.25, 0.3) is 15.7 Å². The number of aromatic nitrogens is 2. The molecule has 2 aliphatic heterocycles. The van der Waals surface area contributed by atoms with Gasteiger partial charge in [0.25, 0.3) is 20.2 Å². The number of amides is 5. The standard InChI is InChI=1S/C56H79FN12O14Si/c1-55(2,3)84(57,56(4,5)6)39-14-11-37(12-15-39)51(78)60-31-42(52(79)59-19-9-29-83-38-13-16-41-40(30-38)50(63-36-62-41)53(80)61-32-46(71)69-20-8-10-44(69)58-7)64-45(70)18-17-43(54(81)82)68-27-25-66(34-48(74)75)23-21-65(33-47(72)73)22-24-67(26-28-68)35-49(76)77/h11-16,30,36,42-44H,8-10,17-29,31-35H2,1-6H3,(H,59,79)(H,60,78)(H,61,80)(H,64,70)(H,72,73)(H,74,75)(H,76,77)(H,81,82)/t42-,43-,44+/m1/s1. The summed E-state index contributed by atoms with van der Waals surface area (Å²) in [4.78, 5) is 135. The number of ether oxygens (including phenoxy) is 1. The third-order valence-electron chi connectivity index (χ3n) is 14.9. The second-order valence-corrected chi connectivity index (χ2v) is 27.8. The zero-order chi connectivity index (χ0) is 61.9. The first-order valence-electron chi connectivity index (χ1n) is 27.9. The number of aliphatic carboxylic acids is 4. The van der Waals surface area contributed by atoms with Crippen LogP contribution in [0.3, 0.4) is 0 Å². The van der Waals surface area contributed by atoms with E-state index in [1.807, 2.05) is 41.5 Å². The number of nitrogens with one attached hydrogen (secondary N) is 4. The van der Waals surface area contributed by atoms with Crippen molar-refractivity contribution in [2.24, 2.45) is 0 Å². The summed E-state index contributed by atoms with van der Waals surface area (Å²) in [7, 11) is -3.68. The van der Waals surface area contributed by atoms with Crippen molar-refractivity contribution in [2.45, 2.75) is 102 Å². The fraction of sp³-hybridized carbons (Fsp3) is 0.571. The third-order valence-corrected chi connectivity index (χ3v) is 20.1. The number of halogens is 1. The van der Waals surface area contributed by atoms with Crippen LogP contribution in [0, 0.1) is 6.57 Å². The molecule has 0 spiro atoms. The molecule has 8 N–H and O–H groups in total. The monoisotopic (exact) mass is 1190 g/mol. The molecule has 0 saturated carbocycles. The van der Waals surface area contributed by atoms with Gasteiger partial charge in [-0.25, -0.2) is 16.5 Å². The summed E-state index contributed by atoms with van der Waals surface area (Å²) < 4.78 is 23.1. The normalized spacial score (nSPS) is 17.1. The maximum Gasteiger partial charge on any atom is 0.320 e. The molecule has 3 heterocycles. The minimum Gasteiger partial charge on any atom is -0.494 e. The first kappa shape index (κ1) is 67.1. The molecule has 458 valence electrons. The molecule has 3 aromatic rings. The molecule has 2 saturated heterocycles. The average Bonchev–Trinajstić information content (AvgIpc) is 1.40. The minimum absolute atomic E-state index is 0.00617. The predicted molar refractivity (Wildman–Crippen MR) is 307 cm³/mol. The van der Waals surface area contributed by atoms with Crippen molar-refractivity contribution >= 4 is 77.9 Å². The van der Waals surface area contributed by atoms with Gasteiger partial charge in [0.15, 0.2) is 0 Å². The van der Waals surface area contributed by atoms with Crippen molar-refractivity contribution < 1.29 is 72.4 Å². The molecule has 2 fully saturated rings. The Kier molecular flexibility index (Phi) is 24.5. The fourth-order valence-electron chi connectivity index (χ4n) is 10.7. The number of carboxylic acids is 4. The summed E-state index contributed by atoms with van der Waals surface area (Å²) in [5.41, 5.74) is 0.573. The minimum atomic E-state index is -3.68. The maximum atomic E-state index is 17.1. The lowest BCUT2D eigenvalue weighted by molar-refractivity contribution is -0.145. The molecule has 0 radical (unpaired) electrons. The summed E-state index contributed by atoms with van der Waals surface area (Å²) in [6.45, 7) is 17.4. The maximum absolute atomic E-state index is 17.1. The molecule has 3 atom stereocenters. The van der Waals surface area contributed by atoms with E-state index in [1.165, 1.54) is 38.1 Å². The van der Waals surface area contributed by atoms with Gasteiger partial charge in [0.05, 0.1) is 38.3 Å². The molecule has 84 heavy (non-hydrogen) atoms. The van der Waals surface area contributed by atoms with Gasteiger partial charge in [-0.1, -0.05) is 53.7 Å². The molecule has 26 nitrogen and oxygen atoms in total. The molecule has 0 unspecified atom stereocenters. The Balaban J connectivity index is 1.28. The number of carbonyl (C=O) groups is 9. The topological polar surface area (TPSA) is 338 Å². The van der Waals surface area contributed by atoms with Crippen molar-refractivity contribution in [3.63, 3.8) is 0 Å². The lowest BCUT2D eigenvalue weighted by Crippen LogP contribution is -2.57. The van der Waals surface area contributed by atoms with E-state index in [0.29, 0.717) is 41.2 Å². The van der Waals surface area contributed by atoms with Crippen molar-refractivity contribution in [3.8, 4) is 5.75 Å². The number of rotatable bonds is 25. The Morgan fingerprint density at radius 1 is 0.750 bits per heavy atom. The molecule has 0 aliphatic carbocycles. The summed E-state index contributed by atoms with van der Waals surface area (Å²) in [6, 6.07) is 8.24. The van der Waals surface area contributed by atoms with E-state index in [-0.39, 0.29) is 109 Å². The van der Waals surface area contributed by atoms with Crippen LogP contribution in [0.5, 0.6) is 5.75 Å². The van der Waals surface area contributed by atoms with Gasteiger partial charge < -0.3 is 50.5 Å². The largest absolute Gasteiger partial charge is 0.494 e. The van der Waals surface area contributed by atoms with Gasteiger partial charge in [0.1, 0.15) is 29.9 Å². The molecule has 5 amide bonds. The van der Waals surface area contributed by atoms with E-state index in [1.54, 1.807) is 35.2 Å². The Bertz CT molecular complexity index is 2840. The molecule has 1 aromatic heterocycles. The summed E-state index contributed by atoms with van der Waals surface area (Å²) >= 11 is 0. The number of carbonyl (C=O) groups excluding carboxylic acids is 5. The van der Waals surface area contributed by atoms with Gasteiger partial charge in [-0.3, -0.25) is 72.5 Å². The first-order chi connectivity index (χ1) is 39.6. The second-order valence-electron chi connectivity index (χ2n) is 22.9. The van der Waals surface area contributed by atoms with E-state index < -0.39 is 110 Å². The quantitative estimate of drug-likeness (QED) is 0.0258. The number of fused-ring (bicyclic) bond motifs is 1. The van der Waals surface area contributed by atoms with Gasteiger partial charge in [-0.2, -0.15) is 0 Å². The van der Waals surface area contributed by atoms with Gasteiger partial charge in [-0.15, -0.1) is 0 Å². The first-order valence-corrected chi connectivity index (χ1v) is 29.8. The SMILES string of the molecule is [C-]#[N+][C@@H]1CCCN1C(=O)CNC(=O)c1ncnc2ccc(OCCCNC(=O)[C@@H](CNC(=O)c3ccc([Si](F)(C(C)(C)C)C(C)(C)C)cc3)NC(=O)CC[C@H](C(=O)O)N3CCN(CC(=O)O)CCN(CC(=O)O)CCN(CC(=O)O)CC3)cc12. The van der Waals surface area contributed by atoms with Crippen LogP contribution in [0.1, 0.15) is 94.5 Å². The van der Waals surface area contributed by atoms with Gasteiger partial charge in [0, 0.05) is 95.8 Å². The highest BCUT2D eigenvalue weighted by atomic mass is 28.4. The Hall–Kier alpha value is -7.71. The van der Waals surface area contributed by atoms with Gasteiger partial charge in [0.2, 0.25) is 17.7 Å². The highest BCUT2D eigenvalue weighted by Gasteiger charge is 2.56. The van der Waals surface area contributed by atoms with E-state index in [2.05, 4.69) is 36.1 Å². The number of nitrogens with zero attached hydrogens (tertiary/aromatic N) is 8. The second kappa shape index (κ2) is 30.7. The summed E-state index contributed by atoms with van der Waals surface area (Å²) in [5, 5.41) is 49.5. The van der Waals surface area contributed by atoms with E-state index in [0.717, 1.165) is 0 Å². The van der Waals surface area contributed by atoms with E-state index in [9.17, 15) is 63.6 Å². The summed E-state index contributed by atoms with van der Waals surface area (Å²) in [5.74, 6) is -7.59. The number of carboxylic acid groups (broad SMARTS) is 4. The molecule has 28 heteroatoms. The van der Waals surface area contributed by atoms with Crippen molar-refractivity contribution in [1.29, 1.82) is 0 Å². The van der Waals surface area contributed by atoms with Crippen LogP contribution in [0.2, 0.25) is 10.1 Å². The van der Waals surface area contributed by atoms with E-state index in [4.69, 9.17) is 11.3 Å². The number of likely N-dealkylation sites (tertiary alicyclic amines) is 1.